The molecule has 0 radical (unpaired) electrons. The maximum absolute atomic E-state index is 12.9. The molecule has 0 aromatic heterocycles. The predicted molar refractivity (Wildman–Crippen MR) is 106 cm³/mol. The van der Waals surface area contributed by atoms with Gasteiger partial charge in [-0.3, -0.25) is 9.69 Å². The fourth-order valence-electron chi connectivity index (χ4n) is 3.39. The molecule has 1 heterocycles. The number of ether oxygens (including phenoxy) is 1. The maximum Gasteiger partial charge on any atom is 0.196 e. The van der Waals surface area contributed by atoms with E-state index < -0.39 is 0 Å². The molecule has 1 aliphatic heterocycles. The third kappa shape index (κ3) is 4.35. The van der Waals surface area contributed by atoms with Gasteiger partial charge in [-0.1, -0.05) is 18.6 Å². The predicted octanol–water partition coefficient (Wildman–Crippen LogP) is 3.34. The van der Waals surface area contributed by atoms with Crippen LogP contribution in [0.15, 0.2) is 42.5 Å². The lowest BCUT2D eigenvalue weighted by molar-refractivity contribution is 0.102. The van der Waals surface area contributed by atoms with Crippen molar-refractivity contribution >= 4 is 17.2 Å². The van der Waals surface area contributed by atoms with Gasteiger partial charge in [0.05, 0.1) is 16.9 Å². The van der Waals surface area contributed by atoms with Crippen LogP contribution < -0.4 is 16.2 Å². The molecule has 0 amide bonds. The Kier molecular flexibility index (Phi) is 5.78. The van der Waals surface area contributed by atoms with Crippen LogP contribution in [-0.2, 0) is 0 Å². The average Bonchev–Trinajstić information content (AvgIpc) is 2.64. The van der Waals surface area contributed by atoms with E-state index in [0.717, 1.165) is 19.6 Å². The molecule has 1 atom stereocenters. The molecule has 4 N–H and O–H groups in total. The number of nitrogens with two attached hydrogens (primary N) is 2. The highest BCUT2D eigenvalue weighted by atomic mass is 16.5. The number of carbonyl (C=O) groups excluding carboxylic acids is 1. The van der Waals surface area contributed by atoms with Crippen molar-refractivity contribution in [2.75, 3.05) is 31.1 Å². The topological polar surface area (TPSA) is 81.6 Å². The van der Waals surface area contributed by atoms with Crippen LogP contribution >= 0.6 is 0 Å². The molecule has 26 heavy (non-hydrogen) atoms. The van der Waals surface area contributed by atoms with Crippen molar-refractivity contribution in [3.05, 3.63) is 53.6 Å². The van der Waals surface area contributed by atoms with E-state index >= 15 is 0 Å². The molecule has 1 unspecified atom stereocenters. The first kappa shape index (κ1) is 18.3. The summed E-state index contributed by atoms with van der Waals surface area (Å²) in [4.78, 5) is 15.3. The van der Waals surface area contributed by atoms with E-state index in [9.17, 15) is 4.79 Å². The lowest BCUT2D eigenvalue weighted by Gasteiger charge is -2.29. The minimum Gasteiger partial charge on any atom is -0.489 e. The Morgan fingerprint density at radius 1 is 1.08 bits per heavy atom. The number of piperidine rings is 1. The van der Waals surface area contributed by atoms with Gasteiger partial charge in [-0.25, -0.2) is 0 Å². The standard InChI is InChI=1S/C21H27N3O2/c1-15(14-24-11-5-2-6-12-24)26-20-8-4-3-7-17(20)21(25)16-9-10-18(22)19(23)13-16/h3-4,7-10,13,15H,2,5-6,11-12,14,22-23H2,1H3. The summed E-state index contributed by atoms with van der Waals surface area (Å²) in [6.07, 6.45) is 3.83. The van der Waals surface area contributed by atoms with E-state index in [4.69, 9.17) is 16.2 Å². The van der Waals surface area contributed by atoms with E-state index in [-0.39, 0.29) is 11.9 Å². The van der Waals surface area contributed by atoms with Crippen LogP contribution in [0, 0.1) is 0 Å². The summed E-state index contributed by atoms with van der Waals surface area (Å²) in [6.45, 7) is 5.17. The molecule has 2 aromatic carbocycles. The molecule has 5 nitrogen and oxygen atoms in total. The minimum atomic E-state index is -0.113. The SMILES string of the molecule is CC(CN1CCCCC1)Oc1ccccc1C(=O)c1ccc(N)c(N)c1. The molecule has 0 aliphatic carbocycles. The number of anilines is 2. The zero-order valence-corrected chi connectivity index (χ0v) is 15.3. The van der Waals surface area contributed by atoms with E-state index in [1.807, 2.05) is 18.2 Å². The third-order valence-electron chi connectivity index (χ3n) is 4.77. The van der Waals surface area contributed by atoms with Crippen LogP contribution in [0.25, 0.3) is 0 Å². The Labute approximate surface area is 154 Å². The minimum absolute atomic E-state index is 0.0125. The number of hydrogen-bond acceptors (Lipinski definition) is 5. The number of para-hydroxylation sites is 1. The normalized spacial score (nSPS) is 16.2. The largest absolute Gasteiger partial charge is 0.489 e. The van der Waals surface area contributed by atoms with Crippen molar-refractivity contribution in [2.45, 2.75) is 32.3 Å². The average molecular weight is 353 g/mol. The molecule has 1 fully saturated rings. The summed E-state index contributed by atoms with van der Waals surface area (Å²) >= 11 is 0. The van der Waals surface area contributed by atoms with Gasteiger partial charge in [0.25, 0.3) is 0 Å². The number of carbonyl (C=O) groups is 1. The van der Waals surface area contributed by atoms with Gasteiger partial charge in [-0.2, -0.15) is 0 Å². The highest BCUT2D eigenvalue weighted by molar-refractivity contribution is 6.11. The number of ketones is 1. The molecule has 138 valence electrons. The van der Waals surface area contributed by atoms with Gasteiger partial charge in [0.1, 0.15) is 11.9 Å². The molecular weight excluding hydrogens is 326 g/mol. The number of rotatable bonds is 6. The van der Waals surface area contributed by atoms with Crippen molar-refractivity contribution in [3.8, 4) is 5.75 Å². The lowest BCUT2D eigenvalue weighted by atomic mass is 10.0. The lowest BCUT2D eigenvalue weighted by Crippen LogP contribution is -2.37. The van der Waals surface area contributed by atoms with Gasteiger partial charge in [-0.05, 0) is 63.2 Å². The van der Waals surface area contributed by atoms with Gasteiger partial charge < -0.3 is 16.2 Å². The summed E-state index contributed by atoms with van der Waals surface area (Å²) in [5, 5.41) is 0. The quantitative estimate of drug-likeness (QED) is 0.615. The molecule has 0 saturated carbocycles. The highest BCUT2D eigenvalue weighted by Gasteiger charge is 2.19. The highest BCUT2D eigenvalue weighted by Crippen LogP contribution is 2.25. The molecule has 0 spiro atoms. The second kappa shape index (κ2) is 8.23. The first-order valence-electron chi connectivity index (χ1n) is 9.22. The van der Waals surface area contributed by atoms with Crippen LogP contribution in [0.3, 0.4) is 0 Å². The van der Waals surface area contributed by atoms with Crippen LogP contribution in [0.4, 0.5) is 11.4 Å². The number of benzene rings is 2. The smallest absolute Gasteiger partial charge is 0.196 e. The summed E-state index contributed by atoms with van der Waals surface area (Å²) in [6, 6.07) is 12.3. The molecule has 3 rings (SSSR count). The fourth-order valence-corrected chi connectivity index (χ4v) is 3.39. The number of nitrogens with zero attached hydrogens (tertiary/aromatic N) is 1. The second-order valence-electron chi connectivity index (χ2n) is 6.96. The monoisotopic (exact) mass is 353 g/mol. The van der Waals surface area contributed by atoms with E-state index in [1.54, 1.807) is 24.3 Å². The zero-order chi connectivity index (χ0) is 18.5. The number of likely N-dealkylation sites (tertiary alicyclic amines) is 1. The van der Waals surface area contributed by atoms with Crippen LogP contribution in [0.1, 0.15) is 42.1 Å². The summed E-state index contributed by atoms with van der Waals surface area (Å²) in [7, 11) is 0. The van der Waals surface area contributed by atoms with Gasteiger partial charge in [-0.15, -0.1) is 0 Å². The molecule has 5 heteroatoms. The molecule has 1 aliphatic rings. The second-order valence-corrected chi connectivity index (χ2v) is 6.96. The maximum atomic E-state index is 12.9. The zero-order valence-electron chi connectivity index (χ0n) is 15.3. The van der Waals surface area contributed by atoms with Crippen molar-refractivity contribution in [2.24, 2.45) is 0 Å². The van der Waals surface area contributed by atoms with Crippen molar-refractivity contribution in [1.82, 2.24) is 4.90 Å². The van der Waals surface area contributed by atoms with Crippen LogP contribution in [-0.4, -0.2) is 36.4 Å². The Balaban J connectivity index is 1.74. The van der Waals surface area contributed by atoms with Gasteiger partial charge >= 0.3 is 0 Å². The third-order valence-corrected chi connectivity index (χ3v) is 4.77. The Hall–Kier alpha value is -2.53. The Bertz CT molecular complexity index is 770. The van der Waals surface area contributed by atoms with Crippen molar-refractivity contribution in [1.29, 1.82) is 0 Å². The molecule has 0 bridgehead atoms. The van der Waals surface area contributed by atoms with Crippen LogP contribution in [0.2, 0.25) is 0 Å². The van der Waals surface area contributed by atoms with Crippen molar-refractivity contribution < 1.29 is 9.53 Å². The van der Waals surface area contributed by atoms with Gasteiger partial charge in [0, 0.05) is 12.1 Å². The molecule has 1 saturated heterocycles. The van der Waals surface area contributed by atoms with E-state index in [1.165, 1.54) is 19.3 Å². The van der Waals surface area contributed by atoms with Crippen molar-refractivity contribution in [3.63, 3.8) is 0 Å². The Morgan fingerprint density at radius 2 is 1.81 bits per heavy atom. The van der Waals surface area contributed by atoms with Gasteiger partial charge in [0.2, 0.25) is 0 Å². The molecular formula is C21H27N3O2. The summed E-state index contributed by atoms with van der Waals surface area (Å²) < 4.78 is 6.13. The molecule has 2 aromatic rings. The first-order chi connectivity index (χ1) is 12.5. The van der Waals surface area contributed by atoms with E-state index in [0.29, 0.717) is 28.3 Å². The Morgan fingerprint density at radius 3 is 2.54 bits per heavy atom. The fraction of sp³-hybridized carbons (Fsp3) is 0.381. The number of hydrogen-bond donors (Lipinski definition) is 2. The first-order valence-corrected chi connectivity index (χ1v) is 9.22. The van der Waals surface area contributed by atoms with Gasteiger partial charge in [0.15, 0.2) is 5.78 Å². The van der Waals surface area contributed by atoms with E-state index in [2.05, 4.69) is 11.8 Å². The number of nitrogen functional groups attached to an aromatic ring is 2. The van der Waals surface area contributed by atoms with Crippen LogP contribution in [0.5, 0.6) is 5.75 Å². The summed E-state index contributed by atoms with van der Waals surface area (Å²) in [5.41, 5.74) is 13.5. The summed E-state index contributed by atoms with van der Waals surface area (Å²) in [5.74, 6) is 0.495.